The maximum atomic E-state index is 12.0. The van der Waals surface area contributed by atoms with Crippen LogP contribution in [-0.4, -0.2) is 41.7 Å². The number of anilines is 2. The molecular formula is C14H23N3O2. The van der Waals surface area contributed by atoms with Crippen molar-refractivity contribution in [1.82, 2.24) is 4.90 Å². The highest BCUT2D eigenvalue weighted by atomic mass is 16.3. The summed E-state index contributed by atoms with van der Waals surface area (Å²) in [6.07, 6.45) is 0. The Hall–Kier alpha value is -1.59. The van der Waals surface area contributed by atoms with Crippen LogP contribution in [0.25, 0.3) is 0 Å². The predicted octanol–water partition coefficient (Wildman–Crippen LogP) is 1.22. The fraction of sp³-hybridized carbons (Fsp3) is 0.500. The Morgan fingerprint density at radius 1 is 1.47 bits per heavy atom. The number of hydrogen-bond donors (Lipinski definition) is 3. The van der Waals surface area contributed by atoms with Gasteiger partial charge >= 0.3 is 0 Å². The molecule has 0 aliphatic rings. The molecule has 0 saturated heterocycles. The molecular weight excluding hydrogens is 242 g/mol. The number of nitrogens with two attached hydrogens (primary N) is 1. The third-order valence-electron chi connectivity index (χ3n) is 3.33. The van der Waals surface area contributed by atoms with Crippen molar-refractivity contribution in [2.45, 2.75) is 26.3 Å². The summed E-state index contributed by atoms with van der Waals surface area (Å²) < 4.78 is 0. The standard InChI is InChI=1S/C14H23N3O2/c1-10-7-11(15)5-6-12(10)16-13(19)8-17(4)14(2,3)9-18/h5-7,18H,8-9,15H2,1-4H3,(H,16,19). The largest absolute Gasteiger partial charge is 0.399 e. The molecule has 0 fully saturated rings. The second-order valence-electron chi connectivity index (χ2n) is 5.45. The minimum atomic E-state index is -0.423. The molecule has 0 saturated carbocycles. The van der Waals surface area contributed by atoms with Crippen LogP contribution in [0.3, 0.4) is 0 Å². The number of benzene rings is 1. The van der Waals surface area contributed by atoms with Crippen LogP contribution in [0.1, 0.15) is 19.4 Å². The fourth-order valence-electron chi connectivity index (χ4n) is 1.57. The highest BCUT2D eigenvalue weighted by Gasteiger charge is 2.24. The van der Waals surface area contributed by atoms with E-state index in [0.717, 1.165) is 11.3 Å². The van der Waals surface area contributed by atoms with Crippen LogP contribution < -0.4 is 11.1 Å². The van der Waals surface area contributed by atoms with Gasteiger partial charge in [-0.3, -0.25) is 9.69 Å². The van der Waals surface area contributed by atoms with Crippen molar-refractivity contribution in [2.24, 2.45) is 0 Å². The summed E-state index contributed by atoms with van der Waals surface area (Å²) in [4.78, 5) is 13.8. The Balaban J connectivity index is 2.65. The van der Waals surface area contributed by atoms with Crippen molar-refractivity contribution < 1.29 is 9.90 Å². The summed E-state index contributed by atoms with van der Waals surface area (Å²) in [6.45, 7) is 5.88. The SMILES string of the molecule is Cc1cc(N)ccc1NC(=O)CN(C)C(C)(C)CO. The molecule has 0 aromatic heterocycles. The zero-order chi connectivity index (χ0) is 14.6. The lowest BCUT2D eigenvalue weighted by atomic mass is 10.1. The van der Waals surface area contributed by atoms with Gasteiger partial charge in [-0.2, -0.15) is 0 Å². The molecule has 5 nitrogen and oxygen atoms in total. The van der Waals surface area contributed by atoms with Crippen molar-refractivity contribution >= 4 is 17.3 Å². The van der Waals surface area contributed by atoms with E-state index in [9.17, 15) is 9.90 Å². The molecule has 1 aromatic carbocycles. The second kappa shape index (κ2) is 6.04. The van der Waals surface area contributed by atoms with Crippen molar-refractivity contribution in [3.05, 3.63) is 23.8 Å². The topological polar surface area (TPSA) is 78.6 Å². The summed E-state index contributed by atoms with van der Waals surface area (Å²) in [5.74, 6) is -0.114. The van der Waals surface area contributed by atoms with Crippen LogP contribution in [0.4, 0.5) is 11.4 Å². The molecule has 1 aromatic rings. The summed E-state index contributed by atoms with van der Waals surface area (Å²) in [6, 6.07) is 5.36. The zero-order valence-corrected chi connectivity index (χ0v) is 12.0. The van der Waals surface area contributed by atoms with Gasteiger partial charge in [0.1, 0.15) is 0 Å². The van der Waals surface area contributed by atoms with Gasteiger partial charge in [0, 0.05) is 16.9 Å². The van der Waals surface area contributed by atoms with Crippen LogP contribution in [0.5, 0.6) is 0 Å². The first-order valence-corrected chi connectivity index (χ1v) is 6.24. The fourth-order valence-corrected chi connectivity index (χ4v) is 1.57. The van der Waals surface area contributed by atoms with E-state index in [-0.39, 0.29) is 19.1 Å². The maximum Gasteiger partial charge on any atom is 0.238 e. The van der Waals surface area contributed by atoms with Crippen LogP contribution in [0, 0.1) is 6.92 Å². The van der Waals surface area contributed by atoms with Crippen LogP contribution >= 0.6 is 0 Å². The first kappa shape index (κ1) is 15.5. The molecule has 0 bridgehead atoms. The van der Waals surface area contributed by atoms with Crippen molar-refractivity contribution in [2.75, 3.05) is 31.2 Å². The minimum Gasteiger partial charge on any atom is -0.399 e. The van der Waals surface area contributed by atoms with Gasteiger partial charge in [0.05, 0.1) is 13.2 Å². The van der Waals surface area contributed by atoms with Crippen LogP contribution in [-0.2, 0) is 4.79 Å². The van der Waals surface area contributed by atoms with E-state index >= 15 is 0 Å². The van der Waals surface area contributed by atoms with Gasteiger partial charge in [0.25, 0.3) is 0 Å². The molecule has 0 heterocycles. The molecule has 106 valence electrons. The highest BCUT2D eigenvalue weighted by Crippen LogP contribution is 2.18. The molecule has 0 aliphatic heterocycles. The highest BCUT2D eigenvalue weighted by molar-refractivity contribution is 5.93. The number of carbonyl (C=O) groups is 1. The monoisotopic (exact) mass is 265 g/mol. The molecule has 1 amide bonds. The van der Waals surface area contributed by atoms with E-state index in [0.29, 0.717) is 5.69 Å². The van der Waals surface area contributed by atoms with Crippen molar-refractivity contribution in [3.63, 3.8) is 0 Å². The molecule has 0 atom stereocenters. The number of rotatable bonds is 5. The molecule has 19 heavy (non-hydrogen) atoms. The number of nitrogens with one attached hydrogen (secondary N) is 1. The van der Waals surface area contributed by atoms with Gasteiger partial charge < -0.3 is 16.2 Å². The third kappa shape index (κ3) is 4.22. The van der Waals surface area contributed by atoms with Crippen LogP contribution in [0.2, 0.25) is 0 Å². The smallest absolute Gasteiger partial charge is 0.238 e. The number of amides is 1. The number of aliphatic hydroxyl groups excluding tert-OH is 1. The van der Waals surface area contributed by atoms with E-state index in [1.54, 1.807) is 12.1 Å². The quantitative estimate of drug-likeness (QED) is 0.699. The molecule has 0 aliphatic carbocycles. The lowest BCUT2D eigenvalue weighted by Gasteiger charge is -2.33. The summed E-state index contributed by atoms with van der Waals surface area (Å²) in [7, 11) is 1.81. The first-order chi connectivity index (χ1) is 8.76. The van der Waals surface area contributed by atoms with E-state index in [2.05, 4.69) is 5.32 Å². The summed E-state index contributed by atoms with van der Waals surface area (Å²) in [5, 5.41) is 12.1. The predicted molar refractivity (Wildman–Crippen MR) is 78.0 cm³/mol. The summed E-state index contributed by atoms with van der Waals surface area (Å²) >= 11 is 0. The number of nitrogens with zero attached hydrogens (tertiary/aromatic N) is 1. The Morgan fingerprint density at radius 2 is 2.11 bits per heavy atom. The molecule has 5 heteroatoms. The number of aryl methyl sites for hydroxylation is 1. The molecule has 0 spiro atoms. The van der Waals surface area contributed by atoms with E-state index in [1.165, 1.54) is 0 Å². The molecule has 0 radical (unpaired) electrons. The van der Waals surface area contributed by atoms with Gasteiger partial charge in [-0.25, -0.2) is 0 Å². The Morgan fingerprint density at radius 3 is 2.63 bits per heavy atom. The molecule has 0 unspecified atom stereocenters. The maximum absolute atomic E-state index is 12.0. The minimum absolute atomic E-state index is 0.00230. The van der Waals surface area contributed by atoms with Crippen molar-refractivity contribution in [1.29, 1.82) is 0 Å². The number of nitrogen functional groups attached to an aromatic ring is 1. The summed E-state index contributed by atoms with van der Waals surface area (Å²) in [5.41, 5.74) is 7.60. The molecule has 1 rings (SSSR count). The average Bonchev–Trinajstić information content (AvgIpc) is 2.32. The van der Waals surface area contributed by atoms with Gasteiger partial charge in [-0.1, -0.05) is 0 Å². The lowest BCUT2D eigenvalue weighted by molar-refractivity contribution is -0.118. The number of likely N-dealkylation sites (N-methyl/N-ethyl adjacent to an activating group) is 1. The van der Waals surface area contributed by atoms with Gasteiger partial charge in [0.15, 0.2) is 0 Å². The van der Waals surface area contributed by atoms with E-state index in [1.807, 2.05) is 38.8 Å². The average molecular weight is 265 g/mol. The Kier molecular flexibility index (Phi) is 4.91. The van der Waals surface area contributed by atoms with Gasteiger partial charge in [-0.15, -0.1) is 0 Å². The van der Waals surface area contributed by atoms with E-state index in [4.69, 9.17) is 5.73 Å². The first-order valence-electron chi connectivity index (χ1n) is 6.24. The number of hydrogen-bond acceptors (Lipinski definition) is 4. The zero-order valence-electron chi connectivity index (χ0n) is 12.0. The van der Waals surface area contributed by atoms with Gasteiger partial charge in [-0.05, 0) is 51.6 Å². The Bertz CT molecular complexity index is 458. The number of carbonyl (C=O) groups excluding carboxylic acids is 1. The normalized spacial score (nSPS) is 11.7. The van der Waals surface area contributed by atoms with Crippen LogP contribution in [0.15, 0.2) is 18.2 Å². The van der Waals surface area contributed by atoms with E-state index < -0.39 is 5.54 Å². The third-order valence-corrected chi connectivity index (χ3v) is 3.33. The Labute approximate surface area is 114 Å². The molecule has 4 N–H and O–H groups in total. The lowest BCUT2D eigenvalue weighted by Crippen LogP contribution is -2.47. The van der Waals surface area contributed by atoms with Crippen molar-refractivity contribution in [3.8, 4) is 0 Å². The second-order valence-corrected chi connectivity index (χ2v) is 5.45. The van der Waals surface area contributed by atoms with Gasteiger partial charge in [0.2, 0.25) is 5.91 Å². The number of aliphatic hydroxyl groups is 1.